The molecule has 1 saturated heterocycles. The van der Waals surface area contributed by atoms with E-state index in [1.165, 1.54) is 0 Å². The van der Waals surface area contributed by atoms with Gasteiger partial charge in [-0.1, -0.05) is 11.8 Å². The fourth-order valence-electron chi connectivity index (χ4n) is 2.80. The molecule has 1 aromatic rings. The first-order valence-corrected chi connectivity index (χ1v) is 13.1. The molecule has 22 heteroatoms. The van der Waals surface area contributed by atoms with Crippen LogP contribution in [0.1, 0.15) is 13.2 Å². The topological polar surface area (TPSA) is 283 Å². The lowest BCUT2D eigenvalue weighted by atomic mass is 9.90. The third-order valence-electron chi connectivity index (χ3n) is 4.00. The number of aliphatic hydroxyl groups is 1. The highest BCUT2D eigenvalue weighted by Gasteiger charge is 2.58. The van der Waals surface area contributed by atoms with Gasteiger partial charge in [-0.2, -0.15) is 18.4 Å². The van der Waals surface area contributed by atoms with E-state index in [-0.39, 0.29) is 0 Å². The molecule has 192 valence electrons. The average Bonchev–Trinajstić information content (AvgIpc) is 2.88. The van der Waals surface area contributed by atoms with Gasteiger partial charge in [0, 0.05) is 0 Å². The minimum absolute atomic E-state index is 0.440. The van der Waals surface area contributed by atoms with Crippen LogP contribution in [0.5, 0.6) is 0 Å². The number of H-pyrrole nitrogens is 1. The number of rotatable bonds is 8. The zero-order chi connectivity index (χ0) is 26.1. The molecule has 1 aromatic heterocycles. The minimum Gasteiger partial charge on any atom is -0.387 e. The van der Waals surface area contributed by atoms with Gasteiger partial charge in [-0.05, 0) is 6.92 Å². The molecule has 0 saturated carbocycles. The second-order valence-corrected chi connectivity index (χ2v) is 10.9. The Labute approximate surface area is 187 Å². The maximum absolute atomic E-state index is 12.6. The molecular formula is C12H18FN4O14P3. The molecule has 2 heterocycles. The fraction of sp³-hybridized carbons (Fsp3) is 0.583. The van der Waals surface area contributed by atoms with Gasteiger partial charge < -0.3 is 35.2 Å². The van der Waals surface area contributed by atoms with E-state index in [1.807, 2.05) is 10.9 Å². The van der Waals surface area contributed by atoms with E-state index < -0.39 is 71.5 Å². The second-order valence-electron chi connectivity index (χ2n) is 6.55. The van der Waals surface area contributed by atoms with E-state index >= 15 is 0 Å². The molecule has 18 nitrogen and oxygen atoms in total. The Morgan fingerprint density at radius 3 is 2.44 bits per heavy atom. The van der Waals surface area contributed by atoms with Crippen molar-refractivity contribution in [3.05, 3.63) is 27.0 Å². The molecule has 0 aromatic carbocycles. The van der Waals surface area contributed by atoms with Crippen molar-refractivity contribution in [1.82, 2.24) is 14.8 Å². The summed E-state index contributed by atoms with van der Waals surface area (Å²) in [6, 6.07) is 0. The first-order chi connectivity index (χ1) is 15.4. The summed E-state index contributed by atoms with van der Waals surface area (Å²) in [6.07, 6.45) is -6.72. The van der Waals surface area contributed by atoms with Crippen LogP contribution in [0, 0.1) is 11.8 Å². The molecule has 0 radical (unpaired) electrons. The van der Waals surface area contributed by atoms with Crippen molar-refractivity contribution >= 4 is 23.5 Å². The predicted octanol–water partition coefficient (Wildman–Crippen LogP) is -2.41. The molecule has 34 heavy (non-hydrogen) atoms. The van der Waals surface area contributed by atoms with Gasteiger partial charge in [0.15, 0.2) is 11.8 Å². The molecule has 7 atom stereocenters. The Bertz CT molecular complexity index is 1240. The van der Waals surface area contributed by atoms with Crippen molar-refractivity contribution in [1.29, 1.82) is 0 Å². The number of nitrogens with zero attached hydrogens (tertiary/aromatic N) is 2. The highest BCUT2D eigenvalue weighted by Crippen LogP contribution is 2.66. The van der Waals surface area contributed by atoms with Gasteiger partial charge in [0.05, 0.1) is 6.10 Å². The van der Waals surface area contributed by atoms with Crippen LogP contribution in [0.4, 0.5) is 4.39 Å². The Balaban J connectivity index is 2.35. The van der Waals surface area contributed by atoms with E-state index in [9.17, 15) is 42.6 Å². The molecular weight excluding hydrogens is 536 g/mol. The zero-order valence-corrected chi connectivity index (χ0v) is 19.4. The lowest BCUT2D eigenvalue weighted by molar-refractivity contribution is -0.0794. The zero-order valence-electron chi connectivity index (χ0n) is 16.7. The van der Waals surface area contributed by atoms with Gasteiger partial charge in [-0.15, -0.1) is 0 Å². The quantitative estimate of drug-likeness (QED) is 0.130. The number of hydrogen-bond donors (Lipinski definition) is 7. The summed E-state index contributed by atoms with van der Waals surface area (Å²) in [7, 11) is -17.1. The van der Waals surface area contributed by atoms with E-state index in [0.29, 0.717) is 10.9 Å². The lowest BCUT2D eigenvalue weighted by Crippen LogP contribution is -2.56. The molecule has 8 N–H and O–H groups in total. The highest BCUT2D eigenvalue weighted by molar-refractivity contribution is 7.66. The van der Waals surface area contributed by atoms with E-state index in [1.54, 1.807) is 0 Å². The van der Waals surface area contributed by atoms with E-state index in [4.69, 9.17) is 20.3 Å². The number of ether oxygens (including phenoxy) is 1. The Hall–Kier alpha value is -1.61. The minimum atomic E-state index is -5.83. The van der Waals surface area contributed by atoms with Crippen molar-refractivity contribution in [3.8, 4) is 11.8 Å². The van der Waals surface area contributed by atoms with Crippen LogP contribution in [0.15, 0.2) is 15.8 Å². The Kier molecular flexibility index (Phi) is 8.56. The van der Waals surface area contributed by atoms with Crippen molar-refractivity contribution in [3.63, 3.8) is 0 Å². The largest absolute Gasteiger partial charge is 0.490 e. The van der Waals surface area contributed by atoms with Crippen LogP contribution in [-0.2, 0) is 31.6 Å². The average molecular weight is 554 g/mol. The van der Waals surface area contributed by atoms with Crippen molar-refractivity contribution < 1.29 is 60.6 Å². The van der Waals surface area contributed by atoms with Gasteiger partial charge in [-0.3, -0.25) is 14.3 Å². The van der Waals surface area contributed by atoms with Gasteiger partial charge in [0.2, 0.25) is 0 Å². The van der Waals surface area contributed by atoms with Gasteiger partial charge in [-0.25, -0.2) is 22.9 Å². The summed E-state index contributed by atoms with van der Waals surface area (Å²) in [5.41, 5.74) is 1.63. The van der Waals surface area contributed by atoms with Gasteiger partial charge in [0.1, 0.15) is 25.1 Å². The standard InChI is InChI=1S/C12H18FN4O14P3/c1-6(29-33(24,25)31-34(26,27)30-32(21,22)23)8-9(19)12(14,3-2-4-13)10(28-8)17-11(20)16-7(18)5-15-17/h5-6,8-10,19H,4,14H2,1H3,(H,24,25)(H,26,27)(H,16,18,20)(H2,21,22,23)/t6-,8+,9-,10+,12?/m0/s1. The fourth-order valence-corrected chi connectivity index (χ4v) is 6.00. The summed E-state index contributed by atoms with van der Waals surface area (Å²) >= 11 is 0. The van der Waals surface area contributed by atoms with Crippen LogP contribution in [-0.4, -0.2) is 70.0 Å². The number of aromatic nitrogens is 3. The van der Waals surface area contributed by atoms with Crippen molar-refractivity contribution in [2.75, 3.05) is 6.67 Å². The number of aromatic amines is 1. The molecule has 0 bridgehead atoms. The molecule has 2 rings (SSSR count). The molecule has 0 spiro atoms. The number of halogens is 1. The van der Waals surface area contributed by atoms with Crippen LogP contribution < -0.4 is 17.0 Å². The van der Waals surface area contributed by atoms with E-state index in [2.05, 4.69) is 24.2 Å². The summed E-state index contributed by atoms with van der Waals surface area (Å²) in [5, 5.41) is 14.2. The smallest absolute Gasteiger partial charge is 0.387 e. The normalized spacial score (nSPS) is 29.5. The summed E-state index contributed by atoms with van der Waals surface area (Å²) in [4.78, 5) is 61.2. The number of hydrogen-bond acceptors (Lipinski definition) is 12. The van der Waals surface area contributed by atoms with Crippen molar-refractivity contribution in [2.45, 2.75) is 37.0 Å². The van der Waals surface area contributed by atoms with Crippen LogP contribution in [0.2, 0.25) is 0 Å². The maximum Gasteiger partial charge on any atom is 0.490 e. The van der Waals surface area contributed by atoms with Crippen LogP contribution in [0.3, 0.4) is 0 Å². The SMILES string of the molecule is C[C@H](OP(=O)(O)OP(=O)(O)OP(=O)(O)O)[C@H]1O[C@@H](n2ncc(=O)[nH]c2=O)C(N)(C#CCF)[C@H]1O. The van der Waals surface area contributed by atoms with Crippen LogP contribution >= 0.6 is 23.5 Å². The number of aliphatic hydroxyl groups excluding tert-OH is 1. The van der Waals surface area contributed by atoms with Gasteiger partial charge in [0.25, 0.3) is 5.56 Å². The molecule has 1 fully saturated rings. The first-order valence-electron chi connectivity index (χ1n) is 8.59. The molecule has 0 amide bonds. The summed E-state index contributed by atoms with van der Waals surface area (Å²) in [6.45, 7) is -0.283. The third-order valence-corrected chi connectivity index (χ3v) is 7.93. The van der Waals surface area contributed by atoms with E-state index in [0.717, 1.165) is 6.92 Å². The Morgan fingerprint density at radius 2 is 1.91 bits per heavy atom. The number of phosphoric acid groups is 3. The predicted molar refractivity (Wildman–Crippen MR) is 104 cm³/mol. The van der Waals surface area contributed by atoms with Crippen LogP contribution in [0.25, 0.3) is 0 Å². The molecule has 1 aliphatic heterocycles. The summed E-state index contributed by atoms with van der Waals surface area (Å²) in [5.74, 6) is 4.06. The monoisotopic (exact) mass is 554 g/mol. The Morgan fingerprint density at radius 1 is 1.29 bits per heavy atom. The van der Waals surface area contributed by atoms with Crippen molar-refractivity contribution in [2.24, 2.45) is 5.73 Å². The molecule has 1 aliphatic rings. The third kappa shape index (κ3) is 6.97. The lowest BCUT2D eigenvalue weighted by Gasteiger charge is -2.27. The molecule has 0 aliphatic carbocycles. The first kappa shape index (κ1) is 28.6. The number of nitrogens with two attached hydrogens (primary N) is 1. The second kappa shape index (κ2) is 10.2. The number of nitrogens with one attached hydrogen (secondary N) is 1. The summed E-state index contributed by atoms with van der Waals surface area (Å²) < 4.78 is 64.4. The molecule has 3 unspecified atom stereocenters. The highest BCUT2D eigenvalue weighted by atomic mass is 31.3. The van der Waals surface area contributed by atoms with Gasteiger partial charge >= 0.3 is 29.2 Å². The number of alkyl halides is 1. The maximum atomic E-state index is 12.6. The number of phosphoric ester groups is 1.